The molecule has 0 aromatic heterocycles. The average Bonchev–Trinajstić information content (AvgIpc) is 2.11. The molecule has 0 unspecified atom stereocenters. The number of carbonyl (C=O) groups is 1. The third kappa shape index (κ3) is 7.17. The summed E-state index contributed by atoms with van der Waals surface area (Å²) in [5, 5.41) is 12.3. The van der Waals surface area contributed by atoms with Gasteiger partial charge in [-0.2, -0.15) is 11.8 Å². The van der Waals surface area contributed by atoms with E-state index >= 15 is 0 Å². The molecule has 0 aromatic carbocycles. The Morgan fingerprint density at radius 3 is 2.79 bits per heavy atom. The Kier molecular flexibility index (Phi) is 6.96. The Bertz CT molecular complexity index is 173. The van der Waals surface area contributed by atoms with Gasteiger partial charge < -0.3 is 15.2 Å². The molecule has 5 heteroatoms. The quantitative estimate of drug-likeness (QED) is 0.647. The molecule has 0 aromatic rings. The van der Waals surface area contributed by atoms with Gasteiger partial charge in [0.25, 0.3) is 0 Å². The van der Waals surface area contributed by atoms with E-state index in [1.807, 2.05) is 13.2 Å². The van der Waals surface area contributed by atoms with E-state index in [0.29, 0.717) is 12.4 Å². The lowest BCUT2D eigenvalue weighted by molar-refractivity contribution is -0.126. The molecule has 0 rings (SSSR count). The van der Waals surface area contributed by atoms with Crippen LogP contribution in [-0.2, 0) is 9.53 Å². The fraction of sp³-hybridized carbons (Fsp3) is 0.889. The normalized spacial score (nSPS) is 14.9. The molecule has 0 heterocycles. The van der Waals surface area contributed by atoms with Crippen molar-refractivity contribution in [2.45, 2.75) is 19.4 Å². The highest BCUT2D eigenvalue weighted by Gasteiger charge is 2.20. The van der Waals surface area contributed by atoms with Crippen LogP contribution in [0.5, 0.6) is 0 Å². The zero-order valence-corrected chi connectivity index (χ0v) is 9.82. The van der Waals surface area contributed by atoms with Crippen molar-refractivity contribution in [3.8, 4) is 0 Å². The van der Waals surface area contributed by atoms with Crippen molar-refractivity contribution in [1.29, 1.82) is 0 Å². The van der Waals surface area contributed by atoms with Crippen LogP contribution in [-0.4, -0.2) is 48.4 Å². The minimum Gasteiger partial charge on any atom is -0.387 e. The number of carbonyl (C=O) groups excluding carboxylic acids is 1. The van der Waals surface area contributed by atoms with Gasteiger partial charge in [-0.25, -0.2) is 0 Å². The summed E-state index contributed by atoms with van der Waals surface area (Å²) in [5.41, 5.74) is -0.846. The second-order valence-corrected chi connectivity index (χ2v) is 4.21. The zero-order chi connectivity index (χ0) is 11.0. The summed E-state index contributed by atoms with van der Waals surface area (Å²) < 4.78 is 4.92. The second kappa shape index (κ2) is 7.09. The van der Waals surface area contributed by atoms with Crippen LogP contribution in [0.3, 0.4) is 0 Å². The highest BCUT2D eigenvalue weighted by Crippen LogP contribution is 2.08. The first-order valence-corrected chi connectivity index (χ1v) is 5.97. The molecule has 0 aliphatic heterocycles. The number of aliphatic hydroxyl groups is 1. The van der Waals surface area contributed by atoms with E-state index < -0.39 is 5.60 Å². The van der Waals surface area contributed by atoms with Crippen LogP contribution in [0.25, 0.3) is 0 Å². The second-order valence-electron chi connectivity index (χ2n) is 3.34. The molecule has 0 aliphatic carbocycles. The third-order valence-electron chi connectivity index (χ3n) is 1.56. The molecule has 4 nitrogen and oxygen atoms in total. The third-order valence-corrected chi connectivity index (χ3v) is 2.47. The lowest BCUT2D eigenvalue weighted by Crippen LogP contribution is -2.43. The molecule has 14 heavy (non-hydrogen) atoms. The maximum absolute atomic E-state index is 11.1. The van der Waals surface area contributed by atoms with Crippen LogP contribution >= 0.6 is 11.8 Å². The Morgan fingerprint density at radius 2 is 2.29 bits per heavy atom. The van der Waals surface area contributed by atoms with E-state index in [9.17, 15) is 9.90 Å². The van der Waals surface area contributed by atoms with Crippen molar-refractivity contribution in [2.24, 2.45) is 0 Å². The summed E-state index contributed by atoms with van der Waals surface area (Å²) in [6.45, 7) is 4.38. The molecule has 0 aliphatic rings. The first kappa shape index (κ1) is 13.7. The van der Waals surface area contributed by atoms with Gasteiger partial charge in [0.2, 0.25) is 5.91 Å². The average molecular weight is 221 g/mol. The minimum absolute atomic E-state index is 0.0614. The van der Waals surface area contributed by atoms with E-state index in [-0.39, 0.29) is 19.1 Å². The SMILES string of the molecule is CCOCC(=O)NC[C@@](C)(O)CSC. The first-order chi connectivity index (χ1) is 6.52. The van der Waals surface area contributed by atoms with Crippen LogP contribution < -0.4 is 5.32 Å². The Hall–Kier alpha value is -0.260. The first-order valence-electron chi connectivity index (χ1n) is 4.57. The van der Waals surface area contributed by atoms with Gasteiger partial charge in [0.1, 0.15) is 6.61 Å². The van der Waals surface area contributed by atoms with Crippen LogP contribution in [0.1, 0.15) is 13.8 Å². The van der Waals surface area contributed by atoms with Gasteiger partial charge in [-0.3, -0.25) is 4.79 Å². The molecule has 0 radical (unpaired) electrons. The smallest absolute Gasteiger partial charge is 0.246 e. The summed E-state index contributed by atoms with van der Waals surface area (Å²) in [5.74, 6) is 0.412. The van der Waals surface area contributed by atoms with Gasteiger partial charge in [0.05, 0.1) is 5.60 Å². The molecule has 1 amide bonds. The molecule has 0 saturated heterocycles. The molecule has 1 atom stereocenters. The summed E-state index contributed by atoms with van der Waals surface area (Å²) in [4.78, 5) is 11.1. The fourth-order valence-corrected chi connectivity index (χ4v) is 1.62. The predicted molar refractivity (Wildman–Crippen MR) is 58.5 cm³/mol. The summed E-state index contributed by atoms with van der Waals surface area (Å²) >= 11 is 1.55. The Morgan fingerprint density at radius 1 is 1.64 bits per heavy atom. The van der Waals surface area contributed by atoms with Crippen LogP contribution in [0, 0.1) is 0 Å². The van der Waals surface area contributed by atoms with Crippen LogP contribution in [0.2, 0.25) is 0 Å². The lowest BCUT2D eigenvalue weighted by atomic mass is 10.1. The van der Waals surface area contributed by atoms with Crippen LogP contribution in [0.4, 0.5) is 0 Å². The summed E-state index contributed by atoms with van der Waals surface area (Å²) in [7, 11) is 0. The highest BCUT2D eigenvalue weighted by atomic mass is 32.2. The number of ether oxygens (including phenoxy) is 1. The molecule has 0 fully saturated rings. The molecule has 84 valence electrons. The van der Waals surface area contributed by atoms with E-state index in [4.69, 9.17) is 4.74 Å². The zero-order valence-electron chi connectivity index (χ0n) is 9.00. The van der Waals surface area contributed by atoms with Gasteiger partial charge in [-0.15, -0.1) is 0 Å². The van der Waals surface area contributed by atoms with Gasteiger partial charge in [-0.05, 0) is 20.1 Å². The Balaban J connectivity index is 3.64. The number of hydrogen-bond acceptors (Lipinski definition) is 4. The van der Waals surface area contributed by atoms with E-state index in [1.165, 1.54) is 0 Å². The fourth-order valence-electron chi connectivity index (χ4n) is 0.897. The van der Waals surface area contributed by atoms with Crippen LogP contribution in [0.15, 0.2) is 0 Å². The van der Waals surface area contributed by atoms with Gasteiger partial charge >= 0.3 is 0 Å². The van der Waals surface area contributed by atoms with Crippen molar-refractivity contribution >= 4 is 17.7 Å². The number of nitrogens with one attached hydrogen (secondary N) is 1. The topological polar surface area (TPSA) is 58.6 Å². The minimum atomic E-state index is -0.846. The van der Waals surface area contributed by atoms with Crippen molar-refractivity contribution < 1.29 is 14.6 Å². The molecule has 0 spiro atoms. The predicted octanol–water partition coefficient (Wildman–Crippen LogP) is 0.253. The van der Waals surface area contributed by atoms with Crippen molar-refractivity contribution in [3.05, 3.63) is 0 Å². The number of hydrogen-bond donors (Lipinski definition) is 2. The van der Waals surface area contributed by atoms with Gasteiger partial charge in [0.15, 0.2) is 0 Å². The highest BCUT2D eigenvalue weighted by molar-refractivity contribution is 7.98. The lowest BCUT2D eigenvalue weighted by Gasteiger charge is -2.22. The maximum atomic E-state index is 11.1. The summed E-state index contributed by atoms with van der Waals surface area (Å²) in [6, 6.07) is 0. The van der Waals surface area contributed by atoms with E-state index in [0.717, 1.165) is 0 Å². The van der Waals surface area contributed by atoms with E-state index in [2.05, 4.69) is 5.32 Å². The van der Waals surface area contributed by atoms with Crippen molar-refractivity contribution in [1.82, 2.24) is 5.32 Å². The van der Waals surface area contributed by atoms with Gasteiger partial charge in [0, 0.05) is 18.9 Å². The number of thioether (sulfide) groups is 1. The monoisotopic (exact) mass is 221 g/mol. The number of amides is 1. The molecule has 0 saturated carbocycles. The molecular formula is C9H19NO3S. The Labute approximate surface area is 89.4 Å². The van der Waals surface area contributed by atoms with Crippen molar-refractivity contribution in [3.63, 3.8) is 0 Å². The maximum Gasteiger partial charge on any atom is 0.246 e. The summed E-state index contributed by atoms with van der Waals surface area (Å²) in [6.07, 6.45) is 1.91. The number of rotatable bonds is 7. The van der Waals surface area contributed by atoms with E-state index in [1.54, 1.807) is 18.7 Å². The standard InChI is InChI=1S/C9H19NO3S/c1-4-13-5-8(11)10-6-9(2,12)7-14-3/h12H,4-7H2,1-3H3,(H,10,11)/t9-/m1/s1. The molecule has 2 N–H and O–H groups in total. The van der Waals surface area contributed by atoms with Crippen molar-refractivity contribution in [2.75, 3.05) is 31.8 Å². The molecule has 0 bridgehead atoms. The largest absolute Gasteiger partial charge is 0.387 e. The van der Waals surface area contributed by atoms with Gasteiger partial charge in [-0.1, -0.05) is 0 Å². The molecular weight excluding hydrogens is 202 g/mol.